The number of pyridine rings is 1. The summed E-state index contributed by atoms with van der Waals surface area (Å²) in [6, 6.07) is 7.74. The molecule has 3 aromatic rings. The van der Waals surface area contributed by atoms with Crippen molar-refractivity contribution in [2.24, 2.45) is 0 Å². The van der Waals surface area contributed by atoms with Gasteiger partial charge in [-0.2, -0.15) is 0 Å². The Morgan fingerprint density at radius 3 is 3.04 bits per heavy atom. The zero-order valence-corrected chi connectivity index (χ0v) is 14.5. The normalized spacial score (nSPS) is 18.3. The second-order valence-corrected chi connectivity index (χ2v) is 7.70. The van der Waals surface area contributed by atoms with E-state index in [-0.39, 0.29) is 5.25 Å². The highest BCUT2D eigenvalue weighted by atomic mass is 32.2. The number of hydrogen-bond acceptors (Lipinski definition) is 4. The summed E-state index contributed by atoms with van der Waals surface area (Å²) in [7, 11) is 0.402. The van der Waals surface area contributed by atoms with Crippen LogP contribution in [0.15, 0.2) is 35.6 Å². The number of imidazole rings is 1. The van der Waals surface area contributed by atoms with E-state index in [9.17, 15) is 4.21 Å². The minimum Gasteiger partial charge on any atom is -0.497 e. The number of aromatic amines is 1. The molecule has 2 heterocycles. The number of nitrogens with one attached hydrogen (secondary N) is 1. The lowest BCUT2D eigenvalue weighted by molar-refractivity contribution is 0.415. The molecule has 1 aromatic carbocycles. The van der Waals surface area contributed by atoms with Crippen molar-refractivity contribution in [1.82, 2.24) is 15.0 Å². The molecule has 124 valence electrons. The number of H-pyrrole nitrogens is 1. The van der Waals surface area contributed by atoms with Gasteiger partial charge < -0.3 is 9.72 Å². The van der Waals surface area contributed by atoms with Gasteiger partial charge in [0.25, 0.3) is 0 Å². The van der Waals surface area contributed by atoms with Gasteiger partial charge in [-0.1, -0.05) is 6.07 Å². The topological polar surface area (TPSA) is 67.9 Å². The number of aromatic nitrogens is 3. The zero-order chi connectivity index (χ0) is 16.7. The molecule has 0 aliphatic heterocycles. The van der Waals surface area contributed by atoms with Gasteiger partial charge in [0.2, 0.25) is 0 Å². The first-order valence-corrected chi connectivity index (χ1v) is 9.27. The number of methoxy groups -OCH3 is 1. The predicted molar refractivity (Wildman–Crippen MR) is 93.7 cm³/mol. The molecule has 1 aliphatic rings. The average Bonchev–Trinajstić information content (AvgIpc) is 3.03. The Bertz CT molecular complexity index is 935. The number of rotatable bonds is 3. The second kappa shape index (κ2) is 6.02. The van der Waals surface area contributed by atoms with E-state index in [1.807, 2.05) is 31.3 Å². The highest BCUT2D eigenvalue weighted by molar-refractivity contribution is 7.85. The summed E-state index contributed by atoms with van der Waals surface area (Å²) >= 11 is 0. The number of fused-ring (bicyclic) bond motifs is 2. The smallest absolute Gasteiger partial charge is 0.198 e. The summed E-state index contributed by atoms with van der Waals surface area (Å²) in [5.74, 6) is 0.756. The van der Waals surface area contributed by atoms with Crippen LogP contribution >= 0.6 is 0 Å². The van der Waals surface area contributed by atoms with Gasteiger partial charge in [0, 0.05) is 18.0 Å². The van der Waals surface area contributed by atoms with Crippen LogP contribution in [0.5, 0.6) is 5.75 Å². The molecular formula is C18H19N3O2S. The Morgan fingerprint density at radius 2 is 2.21 bits per heavy atom. The fourth-order valence-corrected chi connectivity index (χ4v) is 4.75. The van der Waals surface area contributed by atoms with Crippen molar-refractivity contribution in [3.8, 4) is 5.75 Å². The first kappa shape index (κ1) is 15.3. The largest absolute Gasteiger partial charge is 0.497 e. The van der Waals surface area contributed by atoms with Crippen LogP contribution < -0.4 is 4.74 Å². The second-order valence-electron chi connectivity index (χ2n) is 6.15. The van der Waals surface area contributed by atoms with Crippen molar-refractivity contribution in [3.63, 3.8) is 0 Å². The van der Waals surface area contributed by atoms with E-state index in [1.165, 1.54) is 0 Å². The fraction of sp³-hybridized carbons (Fsp3) is 0.333. The van der Waals surface area contributed by atoms with Crippen molar-refractivity contribution in [2.45, 2.75) is 36.6 Å². The summed E-state index contributed by atoms with van der Waals surface area (Å²) in [6.07, 6.45) is 4.75. The standard InChI is InChI=1S/C18H19N3O2S/c1-11-8-13-14(19-10-11)4-3-5-17(13)24(22)18-20-15-7-6-12(23-2)9-16(15)21-18/h6-10,17H,3-5H2,1-2H3,(H,20,21). The highest BCUT2D eigenvalue weighted by Crippen LogP contribution is 2.36. The first-order chi connectivity index (χ1) is 11.7. The maximum atomic E-state index is 13.2. The quantitative estimate of drug-likeness (QED) is 0.792. The van der Waals surface area contributed by atoms with Crippen LogP contribution in [-0.4, -0.2) is 26.3 Å². The lowest BCUT2D eigenvalue weighted by Gasteiger charge is -2.23. The van der Waals surface area contributed by atoms with E-state index in [1.54, 1.807) is 7.11 Å². The SMILES string of the molecule is COc1ccc2nc(S(=O)C3CCCc4ncc(C)cc43)[nH]c2c1. The van der Waals surface area contributed by atoms with Gasteiger partial charge in [-0.05, 0) is 49.4 Å². The Balaban J connectivity index is 1.73. The van der Waals surface area contributed by atoms with Crippen LogP contribution in [0.3, 0.4) is 0 Å². The van der Waals surface area contributed by atoms with E-state index in [0.717, 1.165) is 52.9 Å². The van der Waals surface area contributed by atoms with Crippen LogP contribution in [0.1, 0.15) is 34.9 Å². The minimum atomic E-state index is -1.23. The molecule has 0 saturated carbocycles. The molecule has 0 fully saturated rings. The van der Waals surface area contributed by atoms with Gasteiger partial charge >= 0.3 is 0 Å². The maximum Gasteiger partial charge on any atom is 0.198 e. The van der Waals surface area contributed by atoms with Gasteiger partial charge in [0.05, 0.1) is 34.2 Å². The van der Waals surface area contributed by atoms with E-state index in [2.05, 4.69) is 21.0 Å². The van der Waals surface area contributed by atoms with E-state index >= 15 is 0 Å². The van der Waals surface area contributed by atoms with Gasteiger partial charge in [-0.15, -0.1) is 0 Å². The summed E-state index contributed by atoms with van der Waals surface area (Å²) in [5, 5.41) is 0.473. The molecule has 0 bridgehead atoms. The minimum absolute atomic E-state index is 0.0522. The number of nitrogens with zero attached hydrogens (tertiary/aromatic N) is 2. The van der Waals surface area contributed by atoms with Crippen molar-refractivity contribution >= 4 is 21.8 Å². The Hall–Kier alpha value is -2.21. The number of aryl methyl sites for hydroxylation is 2. The molecule has 1 aliphatic carbocycles. The summed E-state index contributed by atoms with van der Waals surface area (Å²) in [6.45, 7) is 2.02. The highest BCUT2D eigenvalue weighted by Gasteiger charge is 2.29. The Kier molecular flexibility index (Phi) is 3.84. The van der Waals surface area contributed by atoms with E-state index in [0.29, 0.717) is 5.16 Å². The van der Waals surface area contributed by atoms with Gasteiger partial charge in [-0.25, -0.2) is 4.98 Å². The molecule has 4 rings (SSSR count). The van der Waals surface area contributed by atoms with Crippen LogP contribution in [0.2, 0.25) is 0 Å². The molecule has 2 atom stereocenters. The summed E-state index contributed by atoms with van der Waals surface area (Å²) in [5.41, 5.74) is 4.93. The molecular weight excluding hydrogens is 322 g/mol. The monoisotopic (exact) mass is 341 g/mol. The first-order valence-electron chi connectivity index (χ1n) is 8.05. The molecule has 1 N–H and O–H groups in total. The molecule has 0 radical (unpaired) electrons. The van der Waals surface area contributed by atoms with E-state index < -0.39 is 10.8 Å². The lowest BCUT2D eigenvalue weighted by atomic mass is 9.95. The van der Waals surface area contributed by atoms with Gasteiger partial charge in [0.15, 0.2) is 5.16 Å². The number of ether oxygens (including phenoxy) is 1. The van der Waals surface area contributed by atoms with Crippen molar-refractivity contribution in [3.05, 3.63) is 47.3 Å². The zero-order valence-electron chi connectivity index (χ0n) is 13.7. The molecule has 0 saturated heterocycles. The number of benzene rings is 1. The third kappa shape index (κ3) is 2.60. The molecule has 2 aromatic heterocycles. The van der Waals surface area contributed by atoms with Gasteiger partial charge in [0.1, 0.15) is 5.75 Å². The molecule has 24 heavy (non-hydrogen) atoms. The number of hydrogen-bond donors (Lipinski definition) is 1. The van der Waals surface area contributed by atoms with Crippen molar-refractivity contribution < 1.29 is 8.95 Å². The average molecular weight is 341 g/mol. The Morgan fingerprint density at radius 1 is 1.33 bits per heavy atom. The molecule has 5 nitrogen and oxygen atoms in total. The van der Waals surface area contributed by atoms with Crippen LogP contribution in [0, 0.1) is 6.92 Å². The van der Waals surface area contributed by atoms with Gasteiger partial charge in [-0.3, -0.25) is 9.19 Å². The Labute approximate surface area is 142 Å². The van der Waals surface area contributed by atoms with Crippen molar-refractivity contribution in [2.75, 3.05) is 7.11 Å². The fourth-order valence-electron chi connectivity index (χ4n) is 3.26. The molecule has 0 amide bonds. The maximum absolute atomic E-state index is 13.2. The predicted octanol–water partition coefficient (Wildman–Crippen LogP) is 3.46. The third-order valence-electron chi connectivity index (χ3n) is 4.48. The summed E-state index contributed by atoms with van der Waals surface area (Å²) < 4.78 is 18.4. The van der Waals surface area contributed by atoms with Crippen molar-refractivity contribution in [1.29, 1.82) is 0 Å². The lowest BCUT2D eigenvalue weighted by Crippen LogP contribution is -2.16. The summed E-state index contributed by atoms with van der Waals surface area (Å²) in [4.78, 5) is 12.3. The van der Waals surface area contributed by atoms with Crippen LogP contribution in [0.25, 0.3) is 11.0 Å². The molecule has 6 heteroatoms. The van der Waals surface area contributed by atoms with Crippen LogP contribution in [-0.2, 0) is 17.2 Å². The van der Waals surface area contributed by atoms with Crippen LogP contribution in [0.4, 0.5) is 0 Å². The van der Waals surface area contributed by atoms with E-state index in [4.69, 9.17) is 4.74 Å². The molecule has 0 spiro atoms. The molecule has 2 unspecified atom stereocenters. The third-order valence-corrected chi connectivity index (χ3v) is 6.06.